The lowest BCUT2D eigenvalue weighted by Gasteiger charge is -2.32. The SMILES string of the molecule is COc1ccccc1OCc1ccc(C(=O)N2CCC(N3CCNCC3)C2)o1. The van der Waals surface area contributed by atoms with Gasteiger partial charge in [-0.2, -0.15) is 0 Å². The largest absolute Gasteiger partial charge is 0.493 e. The van der Waals surface area contributed by atoms with Crippen molar-refractivity contribution in [1.82, 2.24) is 15.1 Å². The van der Waals surface area contributed by atoms with Crippen LogP contribution in [0.2, 0.25) is 0 Å². The minimum Gasteiger partial charge on any atom is -0.493 e. The van der Waals surface area contributed by atoms with E-state index < -0.39 is 0 Å². The lowest BCUT2D eigenvalue weighted by Crippen LogP contribution is -2.49. The molecule has 0 radical (unpaired) electrons. The maximum Gasteiger partial charge on any atom is 0.289 e. The first kappa shape index (κ1) is 18.8. The highest BCUT2D eigenvalue weighted by molar-refractivity contribution is 5.91. The van der Waals surface area contributed by atoms with Gasteiger partial charge >= 0.3 is 0 Å². The molecule has 2 aromatic rings. The van der Waals surface area contributed by atoms with Crippen LogP contribution >= 0.6 is 0 Å². The molecule has 7 heteroatoms. The van der Waals surface area contributed by atoms with Gasteiger partial charge in [0, 0.05) is 45.3 Å². The molecule has 150 valence electrons. The fourth-order valence-electron chi connectivity index (χ4n) is 3.88. The van der Waals surface area contributed by atoms with Gasteiger partial charge in [-0.3, -0.25) is 9.69 Å². The molecule has 0 saturated carbocycles. The number of carbonyl (C=O) groups excluding carboxylic acids is 1. The van der Waals surface area contributed by atoms with Crippen molar-refractivity contribution in [3.05, 3.63) is 47.9 Å². The van der Waals surface area contributed by atoms with Gasteiger partial charge < -0.3 is 24.1 Å². The fraction of sp³-hybridized carbons (Fsp3) is 0.476. The summed E-state index contributed by atoms with van der Waals surface area (Å²) in [6, 6.07) is 11.4. The maximum atomic E-state index is 12.8. The number of likely N-dealkylation sites (tertiary alicyclic amines) is 1. The second-order valence-electron chi connectivity index (χ2n) is 7.19. The molecule has 7 nitrogen and oxygen atoms in total. The Balaban J connectivity index is 1.33. The van der Waals surface area contributed by atoms with Crippen molar-refractivity contribution in [2.24, 2.45) is 0 Å². The van der Waals surface area contributed by atoms with Crippen LogP contribution in [0.5, 0.6) is 11.5 Å². The second-order valence-corrected chi connectivity index (χ2v) is 7.19. The molecular formula is C21H27N3O4. The number of ether oxygens (including phenoxy) is 2. The van der Waals surface area contributed by atoms with Gasteiger partial charge in [0.05, 0.1) is 7.11 Å². The lowest BCUT2D eigenvalue weighted by molar-refractivity contribution is 0.0738. The molecule has 4 rings (SSSR count). The van der Waals surface area contributed by atoms with Gasteiger partial charge in [-0.1, -0.05) is 12.1 Å². The molecule has 1 unspecified atom stereocenters. The van der Waals surface area contributed by atoms with E-state index in [-0.39, 0.29) is 12.5 Å². The predicted octanol–water partition coefficient (Wildman–Crippen LogP) is 1.99. The smallest absolute Gasteiger partial charge is 0.289 e. The Morgan fingerprint density at radius 1 is 1.14 bits per heavy atom. The van der Waals surface area contributed by atoms with Crippen molar-refractivity contribution in [2.75, 3.05) is 46.4 Å². The van der Waals surface area contributed by atoms with Crippen LogP contribution in [0, 0.1) is 0 Å². The van der Waals surface area contributed by atoms with Gasteiger partial charge in [0.2, 0.25) is 0 Å². The molecule has 1 amide bonds. The monoisotopic (exact) mass is 385 g/mol. The Morgan fingerprint density at radius 2 is 1.93 bits per heavy atom. The van der Waals surface area contributed by atoms with E-state index in [9.17, 15) is 4.79 Å². The summed E-state index contributed by atoms with van der Waals surface area (Å²) in [5.41, 5.74) is 0. The molecule has 1 aromatic heterocycles. The summed E-state index contributed by atoms with van der Waals surface area (Å²) in [7, 11) is 1.61. The summed E-state index contributed by atoms with van der Waals surface area (Å²) in [6.45, 7) is 5.96. The number of benzene rings is 1. The number of hydrogen-bond donors (Lipinski definition) is 1. The van der Waals surface area contributed by atoms with E-state index in [4.69, 9.17) is 13.9 Å². The summed E-state index contributed by atoms with van der Waals surface area (Å²) < 4.78 is 16.8. The zero-order valence-corrected chi connectivity index (χ0v) is 16.2. The predicted molar refractivity (Wildman–Crippen MR) is 105 cm³/mol. The molecule has 0 aliphatic carbocycles. The lowest BCUT2D eigenvalue weighted by atomic mass is 10.2. The fourth-order valence-corrected chi connectivity index (χ4v) is 3.88. The number of methoxy groups -OCH3 is 1. The number of nitrogens with zero attached hydrogens (tertiary/aromatic N) is 2. The zero-order valence-electron chi connectivity index (χ0n) is 16.2. The van der Waals surface area contributed by atoms with Crippen LogP contribution in [-0.2, 0) is 6.61 Å². The minimum absolute atomic E-state index is 0.0406. The van der Waals surface area contributed by atoms with E-state index in [1.165, 1.54) is 0 Å². The first-order valence-corrected chi connectivity index (χ1v) is 9.83. The van der Waals surface area contributed by atoms with Crippen LogP contribution in [0.1, 0.15) is 22.7 Å². The highest BCUT2D eigenvalue weighted by Gasteiger charge is 2.32. The second kappa shape index (κ2) is 8.67. The van der Waals surface area contributed by atoms with Gasteiger partial charge in [-0.15, -0.1) is 0 Å². The minimum atomic E-state index is -0.0406. The highest BCUT2D eigenvalue weighted by Crippen LogP contribution is 2.27. The molecule has 1 atom stereocenters. The average Bonchev–Trinajstić information content (AvgIpc) is 3.43. The van der Waals surface area contributed by atoms with E-state index in [0.717, 1.165) is 45.7 Å². The standard InChI is InChI=1S/C21H27N3O4/c1-26-18-4-2-3-5-19(18)27-15-17-6-7-20(28-17)21(25)24-11-8-16(14-24)23-12-9-22-10-13-23/h2-7,16,22H,8-15H2,1H3. The van der Waals surface area contributed by atoms with E-state index in [0.29, 0.717) is 29.1 Å². The summed E-state index contributed by atoms with van der Waals surface area (Å²) >= 11 is 0. The van der Waals surface area contributed by atoms with Crippen molar-refractivity contribution >= 4 is 5.91 Å². The van der Waals surface area contributed by atoms with Gasteiger partial charge in [0.15, 0.2) is 17.3 Å². The summed E-state index contributed by atoms with van der Waals surface area (Å²) in [5, 5.41) is 3.37. The van der Waals surface area contributed by atoms with E-state index in [1.54, 1.807) is 19.2 Å². The topological polar surface area (TPSA) is 67.2 Å². The molecule has 3 heterocycles. The zero-order chi connectivity index (χ0) is 19.3. The van der Waals surface area contributed by atoms with E-state index >= 15 is 0 Å². The van der Waals surface area contributed by atoms with Crippen molar-refractivity contribution in [3.63, 3.8) is 0 Å². The van der Waals surface area contributed by atoms with Crippen LogP contribution < -0.4 is 14.8 Å². The molecule has 2 aliphatic heterocycles. The first-order chi connectivity index (χ1) is 13.7. The Morgan fingerprint density at radius 3 is 2.71 bits per heavy atom. The van der Waals surface area contributed by atoms with Crippen LogP contribution in [0.15, 0.2) is 40.8 Å². The molecule has 1 N–H and O–H groups in total. The Kier molecular flexibility index (Phi) is 5.83. The third kappa shape index (κ3) is 4.15. The number of nitrogens with one attached hydrogen (secondary N) is 1. The molecule has 2 aliphatic rings. The molecule has 0 spiro atoms. The van der Waals surface area contributed by atoms with Crippen LogP contribution in [0.3, 0.4) is 0 Å². The molecule has 2 saturated heterocycles. The average molecular weight is 385 g/mol. The van der Waals surface area contributed by atoms with Crippen molar-refractivity contribution < 1.29 is 18.7 Å². The normalized spacial score (nSPS) is 20.3. The highest BCUT2D eigenvalue weighted by atomic mass is 16.5. The first-order valence-electron chi connectivity index (χ1n) is 9.83. The van der Waals surface area contributed by atoms with Gasteiger partial charge in [0.1, 0.15) is 12.4 Å². The van der Waals surface area contributed by atoms with Crippen LogP contribution in [0.4, 0.5) is 0 Å². The molecule has 0 bridgehead atoms. The van der Waals surface area contributed by atoms with Crippen molar-refractivity contribution in [3.8, 4) is 11.5 Å². The maximum absolute atomic E-state index is 12.8. The van der Waals surface area contributed by atoms with Crippen LogP contribution in [-0.4, -0.2) is 68.1 Å². The summed E-state index contributed by atoms with van der Waals surface area (Å²) in [4.78, 5) is 17.2. The number of hydrogen-bond acceptors (Lipinski definition) is 6. The third-order valence-corrected chi connectivity index (χ3v) is 5.43. The van der Waals surface area contributed by atoms with Gasteiger partial charge in [-0.25, -0.2) is 0 Å². The number of piperazine rings is 1. The number of furan rings is 1. The summed E-state index contributed by atoms with van der Waals surface area (Å²) in [5.74, 6) is 2.27. The van der Waals surface area contributed by atoms with Crippen molar-refractivity contribution in [1.29, 1.82) is 0 Å². The van der Waals surface area contributed by atoms with Gasteiger partial charge in [-0.05, 0) is 30.7 Å². The quantitative estimate of drug-likeness (QED) is 0.820. The Bertz CT molecular complexity index is 800. The molecular weight excluding hydrogens is 358 g/mol. The molecule has 28 heavy (non-hydrogen) atoms. The number of para-hydroxylation sites is 2. The third-order valence-electron chi connectivity index (χ3n) is 5.43. The summed E-state index contributed by atoms with van der Waals surface area (Å²) in [6.07, 6.45) is 1.02. The Hall–Kier alpha value is -2.51. The van der Waals surface area contributed by atoms with Crippen LogP contribution in [0.25, 0.3) is 0 Å². The number of amides is 1. The van der Waals surface area contributed by atoms with E-state index in [2.05, 4.69) is 10.2 Å². The molecule has 1 aromatic carbocycles. The molecule has 2 fully saturated rings. The van der Waals surface area contributed by atoms with Gasteiger partial charge in [0.25, 0.3) is 5.91 Å². The van der Waals surface area contributed by atoms with Crippen molar-refractivity contribution in [2.45, 2.75) is 19.1 Å². The Labute approximate surface area is 165 Å². The number of rotatable bonds is 6. The van der Waals surface area contributed by atoms with E-state index in [1.807, 2.05) is 29.2 Å². The number of carbonyl (C=O) groups is 1.